The molecule has 0 fully saturated rings. The van der Waals surface area contributed by atoms with E-state index in [1.54, 1.807) is 31.2 Å². The summed E-state index contributed by atoms with van der Waals surface area (Å²) in [6.07, 6.45) is -0.0520. The number of nitrogens with one attached hydrogen (secondary N) is 1. The fourth-order valence-corrected chi connectivity index (χ4v) is 4.71. The molecule has 26 heavy (non-hydrogen) atoms. The van der Waals surface area contributed by atoms with Crippen LogP contribution in [-0.4, -0.2) is 25.3 Å². The summed E-state index contributed by atoms with van der Waals surface area (Å²) in [4.78, 5) is 22.1. The maximum atomic E-state index is 13.2. The van der Waals surface area contributed by atoms with Crippen LogP contribution in [0.5, 0.6) is 0 Å². The first-order valence-electron chi connectivity index (χ1n) is 7.59. The molecule has 0 radical (unpaired) electrons. The lowest BCUT2D eigenvalue weighted by Gasteiger charge is -2.29. The van der Waals surface area contributed by atoms with E-state index < -0.39 is 26.7 Å². The quantitative estimate of drug-likeness (QED) is 0.634. The van der Waals surface area contributed by atoms with E-state index in [2.05, 4.69) is 5.32 Å². The Morgan fingerprint density at radius 1 is 1.27 bits per heavy atom. The number of hydrogen-bond donors (Lipinski definition) is 1. The molecule has 2 aromatic carbocycles. The van der Waals surface area contributed by atoms with E-state index in [1.165, 1.54) is 12.1 Å². The number of sulfonamides is 1. The zero-order chi connectivity index (χ0) is 19.1. The Balaban J connectivity index is 2.19. The molecule has 10 heteroatoms. The van der Waals surface area contributed by atoms with E-state index in [-0.39, 0.29) is 22.2 Å². The van der Waals surface area contributed by atoms with E-state index >= 15 is 0 Å². The fraction of sp³-hybridized carbons (Fsp3) is 0.188. The number of benzene rings is 2. The fourth-order valence-electron chi connectivity index (χ4n) is 2.83. The lowest BCUT2D eigenvalue weighted by molar-refractivity contribution is -0.384. The molecule has 1 atom stereocenters. The van der Waals surface area contributed by atoms with Gasteiger partial charge in [0.1, 0.15) is 5.02 Å². The number of nitro groups is 1. The molecule has 8 nitrogen and oxygen atoms in total. The van der Waals surface area contributed by atoms with Gasteiger partial charge in [0.2, 0.25) is 5.91 Å². The zero-order valence-electron chi connectivity index (χ0n) is 13.5. The van der Waals surface area contributed by atoms with Crippen molar-refractivity contribution >= 4 is 44.6 Å². The van der Waals surface area contributed by atoms with Crippen LogP contribution in [0.1, 0.15) is 13.3 Å². The van der Waals surface area contributed by atoms with Gasteiger partial charge in [0.25, 0.3) is 15.7 Å². The largest absolute Gasteiger partial charge is 0.324 e. The molecule has 0 aromatic heterocycles. The minimum absolute atomic E-state index is 0.0520. The van der Waals surface area contributed by atoms with E-state index in [1.807, 2.05) is 0 Å². The Morgan fingerprint density at radius 2 is 1.96 bits per heavy atom. The summed E-state index contributed by atoms with van der Waals surface area (Å²) >= 11 is 5.78. The third kappa shape index (κ3) is 3.11. The van der Waals surface area contributed by atoms with E-state index in [0.717, 1.165) is 10.4 Å². The van der Waals surface area contributed by atoms with Crippen molar-refractivity contribution in [1.29, 1.82) is 0 Å². The Kier molecular flexibility index (Phi) is 4.59. The Morgan fingerprint density at radius 3 is 2.65 bits per heavy atom. The topological polar surface area (TPSA) is 110 Å². The van der Waals surface area contributed by atoms with Crippen LogP contribution in [0.15, 0.2) is 47.4 Å². The standard InChI is InChI=1S/C16H14ClN3O5S/c1-10-8-16(21)18-13-4-2-3-5-14(13)19(10)26(24,25)11-6-7-12(17)15(9-11)20(22)23/h2-7,9-10H,8H2,1H3,(H,18,21). The molecule has 1 N–H and O–H groups in total. The van der Waals surface area contributed by atoms with Gasteiger partial charge in [-0.05, 0) is 31.2 Å². The van der Waals surface area contributed by atoms with Crippen LogP contribution in [0.25, 0.3) is 0 Å². The number of fused-ring (bicyclic) bond motifs is 1. The SMILES string of the molecule is CC1CC(=O)Nc2ccccc2N1S(=O)(=O)c1ccc(Cl)c([N+](=O)[O-])c1. The molecule has 0 aliphatic carbocycles. The molecule has 2 aromatic rings. The molecule has 136 valence electrons. The van der Waals surface area contributed by atoms with E-state index in [0.29, 0.717) is 11.4 Å². The highest BCUT2D eigenvalue weighted by atomic mass is 35.5. The lowest BCUT2D eigenvalue weighted by atomic mass is 10.2. The highest BCUT2D eigenvalue weighted by Gasteiger charge is 2.35. The van der Waals surface area contributed by atoms with Gasteiger partial charge in [0.15, 0.2) is 0 Å². The summed E-state index contributed by atoms with van der Waals surface area (Å²) < 4.78 is 27.6. The monoisotopic (exact) mass is 395 g/mol. The van der Waals surface area contributed by atoms with Gasteiger partial charge < -0.3 is 5.32 Å². The molecule has 0 bridgehead atoms. The van der Waals surface area contributed by atoms with Crippen LogP contribution >= 0.6 is 11.6 Å². The minimum atomic E-state index is -4.17. The maximum absolute atomic E-state index is 13.2. The number of para-hydroxylation sites is 2. The maximum Gasteiger partial charge on any atom is 0.289 e. The number of carbonyl (C=O) groups is 1. The molecule has 1 amide bonds. The van der Waals surface area contributed by atoms with Crippen molar-refractivity contribution in [1.82, 2.24) is 0 Å². The normalized spacial score (nSPS) is 17.2. The molecule has 1 heterocycles. The molecule has 1 aliphatic rings. The van der Waals surface area contributed by atoms with Crippen molar-refractivity contribution in [3.8, 4) is 0 Å². The van der Waals surface area contributed by atoms with E-state index in [9.17, 15) is 23.3 Å². The van der Waals surface area contributed by atoms with Gasteiger partial charge in [-0.3, -0.25) is 19.2 Å². The Bertz CT molecular complexity index is 1010. The van der Waals surface area contributed by atoms with Crippen LogP contribution in [0, 0.1) is 10.1 Å². The average Bonchev–Trinajstić information content (AvgIpc) is 2.69. The van der Waals surface area contributed by atoms with Crippen molar-refractivity contribution in [2.75, 3.05) is 9.62 Å². The predicted molar refractivity (Wildman–Crippen MR) is 96.9 cm³/mol. The van der Waals surface area contributed by atoms with Crippen LogP contribution in [0.4, 0.5) is 17.1 Å². The number of amides is 1. The minimum Gasteiger partial charge on any atom is -0.324 e. The number of nitrogens with zero attached hydrogens (tertiary/aromatic N) is 2. The summed E-state index contributed by atoms with van der Waals surface area (Å²) in [5.74, 6) is -0.315. The first-order chi connectivity index (χ1) is 12.2. The molecule has 1 unspecified atom stereocenters. The Hall–Kier alpha value is -2.65. The van der Waals surface area contributed by atoms with Crippen molar-refractivity contribution in [3.05, 3.63) is 57.6 Å². The molecule has 3 rings (SSSR count). The zero-order valence-corrected chi connectivity index (χ0v) is 15.1. The van der Waals surface area contributed by atoms with Crippen LogP contribution < -0.4 is 9.62 Å². The number of halogens is 1. The van der Waals surface area contributed by atoms with Crippen molar-refractivity contribution < 1.29 is 18.1 Å². The summed E-state index contributed by atoms with van der Waals surface area (Å²) in [7, 11) is -4.17. The summed E-state index contributed by atoms with van der Waals surface area (Å²) in [5.41, 5.74) is 0.148. The third-order valence-corrected chi connectivity index (χ3v) is 6.21. The summed E-state index contributed by atoms with van der Waals surface area (Å²) in [6, 6.07) is 9.11. The number of hydrogen-bond acceptors (Lipinski definition) is 5. The van der Waals surface area contributed by atoms with E-state index in [4.69, 9.17) is 11.6 Å². The smallest absolute Gasteiger partial charge is 0.289 e. The molecular weight excluding hydrogens is 382 g/mol. The second-order valence-electron chi connectivity index (χ2n) is 5.79. The van der Waals surface area contributed by atoms with Gasteiger partial charge in [0, 0.05) is 12.5 Å². The lowest BCUT2D eigenvalue weighted by Crippen LogP contribution is -2.39. The van der Waals surface area contributed by atoms with Gasteiger partial charge in [-0.15, -0.1) is 0 Å². The highest BCUT2D eigenvalue weighted by molar-refractivity contribution is 7.92. The summed E-state index contributed by atoms with van der Waals surface area (Å²) in [5, 5.41) is 13.6. The van der Waals surface area contributed by atoms with Gasteiger partial charge >= 0.3 is 0 Å². The molecule has 0 saturated carbocycles. The first-order valence-corrected chi connectivity index (χ1v) is 9.41. The third-order valence-electron chi connectivity index (χ3n) is 3.97. The van der Waals surface area contributed by atoms with Crippen LogP contribution in [0.2, 0.25) is 5.02 Å². The number of rotatable bonds is 3. The molecule has 1 aliphatic heterocycles. The number of anilines is 2. The van der Waals surface area contributed by atoms with Crippen molar-refractivity contribution in [3.63, 3.8) is 0 Å². The van der Waals surface area contributed by atoms with Crippen molar-refractivity contribution in [2.24, 2.45) is 0 Å². The second kappa shape index (κ2) is 6.58. The average molecular weight is 396 g/mol. The Labute approximate surface area is 154 Å². The molecular formula is C16H14ClN3O5S. The summed E-state index contributed by atoms with van der Waals surface area (Å²) in [6.45, 7) is 1.60. The second-order valence-corrected chi connectivity index (χ2v) is 8.01. The van der Waals surface area contributed by atoms with Gasteiger partial charge in [-0.2, -0.15) is 0 Å². The van der Waals surface area contributed by atoms with Crippen LogP contribution in [-0.2, 0) is 14.8 Å². The van der Waals surface area contributed by atoms with Gasteiger partial charge in [-0.1, -0.05) is 23.7 Å². The molecule has 0 spiro atoms. The van der Waals surface area contributed by atoms with Crippen molar-refractivity contribution in [2.45, 2.75) is 24.3 Å². The number of nitro benzene ring substituents is 1. The highest BCUT2D eigenvalue weighted by Crippen LogP contribution is 2.37. The predicted octanol–water partition coefficient (Wildman–Crippen LogP) is 3.17. The van der Waals surface area contributed by atoms with Gasteiger partial charge in [0.05, 0.1) is 27.2 Å². The first kappa shape index (κ1) is 18.2. The molecule has 0 saturated heterocycles. The van der Waals surface area contributed by atoms with Gasteiger partial charge in [-0.25, -0.2) is 8.42 Å². The number of carbonyl (C=O) groups excluding carboxylic acids is 1. The van der Waals surface area contributed by atoms with Crippen LogP contribution in [0.3, 0.4) is 0 Å².